The molecule has 0 saturated heterocycles. The lowest BCUT2D eigenvalue weighted by Gasteiger charge is -1.96. The summed E-state index contributed by atoms with van der Waals surface area (Å²) in [6.07, 6.45) is 0. The maximum atomic E-state index is 10.9. The fraction of sp³-hybridized carbons (Fsp3) is 0.0909. The number of benzene rings is 1. The molecule has 0 bridgehead atoms. The molecule has 16 heavy (non-hydrogen) atoms. The van der Waals surface area contributed by atoms with Crippen molar-refractivity contribution in [2.75, 3.05) is 0 Å². The highest BCUT2D eigenvalue weighted by molar-refractivity contribution is 9.10. The molecule has 1 aromatic carbocycles. The second-order valence-electron chi connectivity index (χ2n) is 3.31. The van der Waals surface area contributed by atoms with Crippen LogP contribution in [0.25, 0.3) is 10.6 Å². The molecule has 0 aliphatic heterocycles. The topological polar surface area (TPSA) is 50.2 Å². The van der Waals surface area contributed by atoms with E-state index in [-0.39, 0.29) is 4.88 Å². The first kappa shape index (κ1) is 11.3. The van der Waals surface area contributed by atoms with E-state index < -0.39 is 5.97 Å². The predicted octanol–water partition coefficient (Wildman–Crippen LogP) is 3.58. The van der Waals surface area contributed by atoms with Crippen LogP contribution in [0.15, 0.2) is 28.9 Å². The Morgan fingerprint density at radius 1 is 1.50 bits per heavy atom. The molecular weight excluding hydrogens is 290 g/mol. The Bertz CT molecular complexity index is 551. The SMILES string of the molecule is Cc1cccc(-c2nc(Br)c(C(=O)O)s2)c1. The van der Waals surface area contributed by atoms with E-state index in [2.05, 4.69) is 20.9 Å². The van der Waals surface area contributed by atoms with Crippen LogP contribution in [0.1, 0.15) is 15.2 Å². The van der Waals surface area contributed by atoms with E-state index in [0.717, 1.165) is 11.1 Å². The average Bonchev–Trinajstić information content (AvgIpc) is 2.60. The molecular formula is C11H8BrNO2S. The third kappa shape index (κ3) is 2.15. The van der Waals surface area contributed by atoms with Crippen molar-refractivity contribution in [2.24, 2.45) is 0 Å². The smallest absolute Gasteiger partial charge is 0.348 e. The van der Waals surface area contributed by atoms with E-state index in [1.807, 2.05) is 31.2 Å². The van der Waals surface area contributed by atoms with Crippen LogP contribution in [0.4, 0.5) is 0 Å². The molecule has 2 aromatic rings. The molecule has 1 aromatic heterocycles. The third-order valence-corrected chi connectivity index (χ3v) is 3.97. The van der Waals surface area contributed by atoms with E-state index in [9.17, 15) is 4.79 Å². The number of aromatic nitrogens is 1. The largest absolute Gasteiger partial charge is 0.477 e. The van der Waals surface area contributed by atoms with Crippen molar-refractivity contribution in [3.05, 3.63) is 39.3 Å². The molecule has 0 amide bonds. The highest BCUT2D eigenvalue weighted by Gasteiger charge is 2.15. The summed E-state index contributed by atoms with van der Waals surface area (Å²) in [5.74, 6) is -0.955. The molecule has 5 heteroatoms. The summed E-state index contributed by atoms with van der Waals surface area (Å²) in [6.45, 7) is 1.99. The minimum Gasteiger partial charge on any atom is -0.477 e. The van der Waals surface area contributed by atoms with Crippen molar-refractivity contribution >= 4 is 33.2 Å². The number of rotatable bonds is 2. The molecule has 2 rings (SSSR count). The fourth-order valence-corrected chi connectivity index (χ4v) is 2.83. The summed E-state index contributed by atoms with van der Waals surface area (Å²) in [4.78, 5) is 15.3. The van der Waals surface area contributed by atoms with Crippen LogP contribution in [0, 0.1) is 6.92 Å². The van der Waals surface area contributed by atoms with Gasteiger partial charge in [0.1, 0.15) is 14.5 Å². The second-order valence-corrected chi connectivity index (χ2v) is 5.06. The minimum absolute atomic E-state index is 0.233. The third-order valence-electron chi connectivity index (χ3n) is 2.05. The number of hydrogen-bond donors (Lipinski definition) is 1. The molecule has 1 heterocycles. The Balaban J connectivity index is 2.49. The van der Waals surface area contributed by atoms with Crippen LogP contribution < -0.4 is 0 Å². The minimum atomic E-state index is -0.955. The lowest BCUT2D eigenvalue weighted by atomic mass is 10.1. The van der Waals surface area contributed by atoms with Gasteiger partial charge in [-0.1, -0.05) is 23.8 Å². The summed E-state index contributed by atoms with van der Waals surface area (Å²) >= 11 is 4.32. The molecule has 0 atom stereocenters. The average molecular weight is 298 g/mol. The zero-order valence-electron chi connectivity index (χ0n) is 8.40. The Morgan fingerprint density at radius 2 is 2.25 bits per heavy atom. The first-order chi connectivity index (χ1) is 7.58. The van der Waals surface area contributed by atoms with Crippen molar-refractivity contribution in [1.29, 1.82) is 0 Å². The zero-order chi connectivity index (χ0) is 11.7. The number of carboxylic acids is 1. The molecule has 0 aliphatic rings. The number of carbonyl (C=O) groups is 1. The predicted molar refractivity (Wildman–Crippen MR) is 66.9 cm³/mol. The van der Waals surface area contributed by atoms with Crippen molar-refractivity contribution in [1.82, 2.24) is 4.98 Å². The maximum Gasteiger partial charge on any atom is 0.348 e. The monoisotopic (exact) mass is 297 g/mol. The van der Waals surface area contributed by atoms with Crippen LogP contribution in [-0.2, 0) is 0 Å². The van der Waals surface area contributed by atoms with Crippen molar-refractivity contribution in [3.8, 4) is 10.6 Å². The lowest BCUT2D eigenvalue weighted by Crippen LogP contribution is -1.91. The number of hydrogen-bond acceptors (Lipinski definition) is 3. The van der Waals surface area contributed by atoms with Crippen molar-refractivity contribution < 1.29 is 9.90 Å². The second kappa shape index (κ2) is 4.35. The van der Waals surface area contributed by atoms with Gasteiger partial charge in [0.25, 0.3) is 0 Å². The van der Waals surface area contributed by atoms with Gasteiger partial charge < -0.3 is 5.11 Å². The zero-order valence-corrected chi connectivity index (χ0v) is 10.8. The van der Waals surface area contributed by atoms with Crippen LogP contribution in [0.2, 0.25) is 0 Å². The van der Waals surface area contributed by atoms with Gasteiger partial charge in [-0.25, -0.2) is 9.78 Å². The standard InChI is InChI=1S/C11H8BrNO2S/c1-6-3-2-4-7(5-6)10-13-9(12)8(16-10)11(14)15/h2-5H,1H3,(H,14,15). The van der Waals surface area contributed by atoms with E-state index in [4.69, 9.17) is 5.11 Å². The van der Waals surface area contributed by atoms with E-state index in [0.29, 0.717) is 9.61 Å². The highest BCUT2D eigenvalue weighted by atomic mass is 79.9. The van der Waals surface area contributed by atoms with Gasteiger partial charge in [0, 0.05) is 5.56 Å². The van der Waals surface area contributed by atoms with Gasteiger partial charge in [-0.3, -0.25) is 0 Å². The van der Waals surface area contributed by atoms with Gasteiger partial charge in [0.05, 0.1) is 0 Å². The van der Waals surface area contributed by atoms with Crippen LogP contribution in [0.3, 0.4) is 0 Å². The number of thiazole rings is 1. The molecule has 0 radical (unpaired) electrons. The van der Waals surface area contributed by atoms with Crippen molar-refractivity contribution in [3.63, 3.8) is 0 Å². The Hall–Kier alpha value is -1.20. The van der Waals surface area contributed by atoms with Crippen molar-refractivity contribution in [2.45, 2.75) is 6.92 Å². The summed E-state index contributed by atoms with van der Waals surface area (Å²) < 4.78 is 0.390. The number of halogens is 1. The quantitative estimate of drug-likeness (QED) is 0.922. The van der Waals surface area contributed by atoms with Gasteiger partial charge in [0.15, 0.2) is 0 Å². The number of carboxylic acid groups (broad SMARTS) is 1. The van der Waals surface area contributed by atoms with E-state index in [1.54, 1.807) is 0 Å². The molecule has 0 fully saturated rings. The summed E-state index contributed by atoms with van der Waals surface area (Å²) in [7, 11) is 0. The molecule has 82 valence electrons. The summed E-state index contributed by atoms with van der Waals surface area (Å²) in [5, 5.41) is 9.64. The first-order valence-electron chi connectivity index (χ1n) is 4.54. The lowest BCUT2D eigenvalue weighted by molar-refractivity contribution is 0.0701. The first-order valence-corrected chi connectivity index (χ1v) is 6.15. The van der Waals surface area contributed by atoms with Gasteiger partial charge in [0.2, 0.25) is 0 Å². The van der Waals surface area contributed by atoms with Crippen LogP contribution >= 0.6 is 27.3 Å². The van der Waals surface area contributed by atoms with E-state index >= 15 is 0 Å². The molecule has 1 N–H and O–H groups in total. The summed E-state index contributed by atoms with van der Waals surface area (Å²) in [5.41, 5.74) is 2.07. The van der Waals surface area contributed by atoms with Gasteiger partial charge in [-0.2, -0.15) is 0 Å². The maximum absolute atomic E-state index is 10.9. The van der Waals surface area contributed by atoms with Gasteiger partial charge >= 0.3 is 5.97 Å². The number of aryl methyl sites for hydroxylation is 1. The fourth-order valence-electron chi connectivity index (χ4n) is 1.33. The Kier molecular flexibility index (Phi) is 3.07. The summed E-state index contributed by atoms with van der Waals surface area (Å²) in [6, 6.07) is 7.82. The van der Waals surface area contributed by atoms with E-state index in [1.165, 1.54) is 11.3 Å². The van der Waals surface area contributed by atoms with Gasteiger partial charge in [-0.15, -0.1) is 11.3 Å². The Labute approximate surface area is 105 Å². The molecule has 0 unspecified atom stereocenters. The molecule has 0 aliphatic carbocycles. The highest BCUT2D eigenvalue weighted by Crippen LogP contribution is 2.31. The Morgan fingerprint density at radius 3 is 2.81 bits per heavy atom. The molecule has 0 saturated carbocycles. The molecule has 0 spiro atoms. The van der Waals surface area contributed by atoms with Gasteiger partial charge in [-0.05, 0) is 28.9 Å². The molecule has 3 nitrogen and oxygen atoms in total. The number of nitrogens with zero attached hydrogens (tertiary/aromatic N) is 1. The van der Waals surface area contributed by atoms with Crippen LogP contribution in [-0.4, -0.2) is 16.1 Å². The number of aromatic carboxylic acids is 1. The normalized spacial score (nSPS) is 10.4. The van der Waals surface area contributed by atoms with Crippen LogP contribution in [0.5, 0.6) is 0 Å².